The van der Waals surface area contributed by atoms with Gasteiger partial charge in [-0.3, -0.25) is 4.79 Å². The van der Waals surface area contributed by atoms with Crippen molar-refractivity contribution in [3.8, 4) is 0 Å². The van der Waals surface area contributed by atoms with Crippen molar-refractivity contribution in [2.75, 3.05) is 7.05 Å². The quantitative estimate of drug-likeness (QED) is 0.695. The fraction of sp³-hybridized carbons (Fsp3) is 0.923. The van der Waals surface area contributed by atoms with Crippen LogP contribution in [0.25, 0.3) is 0 Å². The Balaban J connectivity index is 2.54. The predicted octanol–water partition coefficient (Wildman–Crippen LogP) is 3.43. The van der Waals surface area contributed by atoms with Crippen LogP contribution in [0.5, 0.6) is 0 Å². The fourth-order valence-electron chi connectivity index (χ4n) is 2.57. The lowest BCUT2D eigenvalue weighted by Gasteiger charge is -2.36. The van der Waals surface area contributed by atoms with Crippen LogP contribution in [-0.2, 0) is 4.79 Å². The van der Waals surface area contributed by atoms with Crippen LogP contribution in [0.1, 0.15) is 52.4 Å². The van der Waals surface area contributed by atoms with Crippen LogP contribution in [0.15, 0.2) is 0 Å². The molecular weight excluding hydrogens is 222 g/mol. The Bertz CT molecular complexity index is 232. The summed E-state index contributed by atoms with van der Waals surface area (Å²) < 4.78 is 0. The molecule has 0 aromatic heterocycles. The summed E-state index contributed by atoms with van der Waals surface area (Å²) in [5.74, 6) is 0.403. The topological polar surface area (TPSA) is 20.3 Å². The number of amides is 1. The van der Waals surface area contributed by atoms with Crippen molar-refractivity contribution in [2.45, 2.75) is 63.8 Å². The van der Waals surface area contributed by atoms with E-state index >= 15 is 0 Å². The standard InChI is InChI=1S/C13H24ClNO/c1-4-7-10(2)13(16)15(3)12-9-6-5-8-11(12)14/h10-12H,4-9H2,1-3H3. The highest BCUT2D eigenvalue weighted by atomic mass is 35.5. The molecule has 1 amide bonds. The molecule has 0 aromatic carbocycles. The van der Waals surface area contributed by atoms with Gasteiger partial charge in [-0.2, -0.15) is 0 Å². The summed E-state index contributed by atoms with van der Waals surface area (Å²) in [7, 11) is 1.92. The SMILES string of the molecule is CCCC(C)C(=O)N(C)C1CCCCC1Cl. The van der Waals surface area contributed by atoms with Gasteiger partial charge in [0.25, 0.3) is 0 Å². The lowest BCUT2D eigenvalue weighted by Crippen LogP contribution is -2.46. The van der Waals surface area contributed by atoms with Gasteiger partial charge >= 0.3 is 0 Å². The normalized spacial score (nSPS) is 27.5. The molecule has 2 nitrogen and oxygen atoms in total. The van der Waals surface area contributed by atoms with Crippen LogP contribution in [0.2, 0.25) is 0 Å². The summed E-state index contributed by atoms with van der Waals surface area (Å²) in [4.78, 5) is 14.0. The van der Waals surface area contributed by atoms with Gasteiger partial charge in [-0.15, -0.1) is 11.6 Å². The first-order valence-corrected chi connectivity index (χ1v) is 6.92. The van der Waals surface area contributed by atoms with Gasteiger partial charge in [0.2, 0.25) is 5.91 Å². The zero-order valence-electron chi connectivity index (χ0n) is 10.7. The Kier molecular flexibility index (Phi) is 5.60. The molecule has 0 spiro atoms. The van der Waals surface area contributed by atoms with Crippen LogP contribution in [-0.4, -0.2) is 29.3 Å². The molecule has 0 aliphatic heterocycles. The number of nitrogens with zero attached hydrogens (tertiary/aromatic N) is 1. The van der Waals surface area contributed by atoms with Gasteiger partial charge in [0, 0.05) is 19.0 Å². The average Bonchev–Trinajstić information content (AvgIpc) is 2.28. The number of hydrogen-bond donors (Lipinski definition) is 0. The van der Waals surface area contributed by atoms with Crippen molar-refractivity contribution < 1.29 is 4.79 Å². The Labute approximate surface area is 104 Å². The lowest BCUT2D eigenvalue weighted by molar-refractivity contribution is -0.136. The van der Waals surface area contributed by atoms with Crippen molar-refractivity contribution in [3.05, 3.63) is 0 Å². The van der Waals surface area contributed by atoms with Gasteiger partial charge < -0.3 is 4.90 Å². The maximum absolute atomic E-state index is 12.1. The second-order valence-corrected chi connectivity index (χ2v) is 5.57. The van der Waals surface area contributed by atoms with E-state index in [4.69, 9.17) is 11.6 Å². The highest BCUT2D eigenvalue weighted by molar-refractivity contribution is 6.21. The minimum absolute atomic E-state index is 0.140. The largest absolute Gasteiger partial charge is 0.341 e. The maximum atomic E-state index is 12.1. The second kappa shape index (κ2) is 6.48. The van der Waals surface area contributed by atoms with E-state index in [-0.39, 0.29) is 23.2 Å². The number of alkyl halides is 1. The lowest BCUT2D eigenvalue weighted by atomic mass is 9.92. The van der Waals surface area contributed by atoms with Gasteiger partial charge in [0.15, 0.2) is 0 Å². The van der Waals surface area contributed by atoms with E-state index in [2.05, 4.69) is 6.92 Å². The molecule has 1 aliphatic rings. The van der Waals surface area contributed by atoms with E-state index in [1.807, 2.05) is 18.9 Å². The highest BCUT2D eigenvalue weighted by Gasteiger charge is 2.30. The summed E-state index contributed by atoms with van der Waals surface area (Å²) in [5, 5.41) is 0.150. The van der Waals surface area contributed by atoms with E-state index in [0.717, 1.165) is 25.7 Å². The maximum Gasteiger partial charge on any atom is 0.225 e. The van der Waals surface area contributed by atoms with Crippen molar-refractivity contribution in [2.24, 2.45) is 5.92 Å². The molecule has 0 saturated heterocycles. The molecule has 0 radical (unpaired) electrons. The first-order valence-electron chi connectivity index (χ1n) is 6.48. The summed E-state index contributed by atoms with van der Waals surface area (Å²) >= 11 is 6.31. The monoisotopic (exact) mass is 245 g/mol. The van der Waals surface area contributed by atoms with Crippen molar-refractivity contribution in [3.63, 3.8) is 0 Å². The van der Waals surface area contributed by atoms with Crippen LogP contribution in [0.3, 0.4) is 0 Å². The van der Waals surface area contributed by atoms with E-state index < -0.39 is 0 Å². The highest BCUT2D eigenvalue weighted by Crippen LogP contribution is 2.27. The molecule has 0 aromatic rings. The molecule has 1 fully saturated rings. The Morgan fingerprint density at radius 1 is 1.44 bits per heavy atom. The molecule has 1 aliphatic carbocycles. The molecule has 3 heteroatoms. The molecule has 3 unspecified atom stereocenters. The van der Waals surface area contributed by atoms with Crippen LogP contribution < -0.4 is 0 Å². The van der Waals surface area contributed by atoms with Crippen LogP contribution in [0.4, 0.5) is 0 Å². The van der Waals surface area contributed by atoms with Crippen molar-refractivity contribution in [1.29, 1.82) is 0 Å². The van der Waals surface area contributed by atoms with Crippen LogP contribution >= 0.6 is 11.6 Å². The number of halogens is 1. The summed E-state index contributed by atoms with van der Waals surface area (Å²) in [6.45, 7) is 4.14. The molecule has 0 bridgehead atoms. The van der Waals surface area contributed by atoms with Crippen molar-refractivity contribution in [1.82, 2.24) is 4.90 Å². The Morgan fingerprint density at radius 2 is 2.06 bits per heavy atom. The third-order valence-electron chi connectivity index (χ3n) is 3.64. The summed E-state index contributed by atoms with van der Waals surface area (Å²) in [6.07, 6.45) is 6.56. The second-order valence-electron chi connectivity index (χ2n) is 5.01. The average molecular weight is 246 g/mol. The van der Waals surface area contributed by atoms with Gasteiger partial charge in [0.05, 0.1) is 5.38 Å². The van der Waals surface area contributed by atoms with E-state index in [0.29, 0.717) is 0 Å². The molecule has 0 heterocycles. The molecule has 0 N–H and O–H groups in total. The Morgan fingerprint density at radius 3 is 2.62 bits per heavy atom. The minimum atomic E-state index is 0.140. The smallest absolute Gasteiger partial charge is 0.225 e. The number of carbonyl (C=O) groups excluding carboxylic acids is 1. The van der Waals surface area contributed by atoms with E-state index in [1.54, 1.807) is 0 Å². The zero-order valence-corrected chi connectivity index (χ0v) is 11.5. The number of carbonyl (C=O) groups is 1. The predicted molar refractivity (Wildman–Crippen MR) is 68.7 cm³/mol. The van der Waals surface area contributed by atoms with Gasteiger partial charge in [0.1, 0.15) is 0 Å². The van der Waals surface area contributed by atoms with Gasteiger partial charge in [-0.05, 0) is 19.3 Å². The van der Waals surface area contributed by atoms with Gasteiger partial charge in [-0.25, -0.2) is 0 Å². The number of hydrogen-bond acceptors (Lipinski definition) is 1. The third kappa shape index (κ3) is 3.38. The molecular formula is C13H24ClNO. The zero-order chi connectivity index (χ0) is 12.1. The van der Waals surface area contributed by atoms with Crippen molar-refractivity contribution >= 4 is 17.5 Å². The number of rotatable bonds is 4. The molecule has 1 saturated carbocycles. The molecule has 3 atom stereocenters. The Hall–Kier alpha value is -0.240. The van der Waals surface area contributed by atoms with Crippen LogP contribution in [0, 0.1) is 5.92 Å². The minimum Gasteiger partial charge on any atom is -0.341 e. The molecule has 16 heavy (non-hydrogen) atoms. The summed E-state index contributed by atoms with van der Waals surface area (Å²) in [6, 6.07) is 0.252. The fourth-order valence-corrected chi connectivity index (χ4v) is 3.02. The first kappa shape index (κ1) is 13.8. The van der Waals surface area contributed by atoms with E-state index in [1.165, 1.54) is 12.8 Å². The van der Waals surface area contributed by atoms with E-state index in [9.17, 15) is 4.79 Å². The third-order valence-corrected chi connectivity index (χ3v) is 4.14. The summed E-state index contributed by atoms with van der Waals surface area (Å²) in [5.41, 5.74) is 0. The molecule has 1 rings (SSSR count). The molecule has 94 valence electrons. The van der Waals surface area contributed by atoms with Gasteiger partial charge in [-0.1, -0.05) is 33.1 Å². The first-order chi connectivity index (χ1) is 7.57.